The molecule has 2 aromatic heterocycles. The fraction of sp³-hybridized carbons (Fsp3) is 0.393. The van der Waals surface area contributed by atoms with E-state index in [-0.39, 0.29) is 12.2 Å². The van der Waals surface area contributed by atoms with Crippen LogP contribution in [0.1, 0.15) is 28.5 Å². The highest BCUT2D eigenvalue weighted by Crippen LogP contribution is 2.33. The van der Waals surface area contributed by atoms with E-state index in [0.29, 0.717) is 50.3 Å². The molecule has 1 amide bonds. The summed E-state index contributed by atoms with van der Waals surface area (Å²) in [5, 5.41) is 2.69. The Morgan fingerprint density at radius 1 is 1.20 bits per heavy atom. The quantitative estimate of drug-likeness (QED) is 0.358. The number of aromatic nitrogens is 2. The van der Waals surface area contributed by atoms with Crippen molar-refractivity contribution < 1.29 is 32.2 Å². The maximum atomic E-state index is 13.1. The zero-order chi connectivity index (χ0) is 28.9. The van der Waals surface area contributed by atoms with Crippen molar-refractivity contribution in [2.75, 3.05) is 56.8 Å². The lowest BCUT2D eigenvalue weighted by molar-refractivity contribution is -0.141. The Morgan fingerprint density at radius 3 is 2.62 bits per heavy atom. The molecule has 214 valence electrons. The zero-order valence-electron chi connectivity index (χ0n) is 22.5. The summed E-state index contributed by atoms with van der Waals surface area (Å²) >= 11 is 0. The first kappa shape index (κ1) is 29.2. The minimum atomic E-state index is -4.66. The number of alkyl halides is 3. The van der Waals surface area contributed by atoms with Crippen LogP contribution in [0.5, 0.6) is 5.88 Å². The molecule has 0 bridgehead atoms. The van der Waals surface area contributed by atoms with Crippen LogP contribution in [0.4, 0.5) is 24.7 Å². The number of nitrogens with one attached hydrogen (secondary N) is 1. The monoisotopic (exact) mass is 559 g/mol. The number of benzene rings is 1. The number of carbonyl (C=O) groups excluding carboxylic acids is 1. The molecule has 9 nitrogen and oxygen atoms in total. The molecule has 0 spiro atoms. The Bertz CT molecular complexity index is 1350. The second-order valence-corrected chi connectivity index (χ2v) is 9.68. The number of hydrogen-bond donors (Lipinski definition) is 2. The predicted molar refractivity (Wildman–Crippen MR) is 145 cm³/mol. The first-order valence-corrected chi connectivity index (χ1v) is 12.7. The van der Waals surface area contributed by atoms with Crippen LogP contribution in [0.15, 0.2) is 48.7 Å². The van der Waals surface area contributed by atoms with Crippen molar-refractivity contribution >= 4 is 17.4 Å². The highest BCUT2D eigenvalue weighted by atomic mass is 19.4. The SMILES string of the molecule is CCN(CCOC)c1cc(-c2cc(NC(=O)c3ccnc(C(F)(F)F)c3)ccc2C)cc(OCC2(N)COC2)n1. The summed E-state index contributed by atoms with van der Waals surface area (Å²) < 4.78 is 55.7. The minimum Gasteiger partial charge on any atom is -0.475 e. The zero-order valence-corrected chi connectivity index (χ0v) is 22.5. The number of halogens is 3. The number of hydrogen-bond acceptors (Lipinski definition) is 8. The lowest BCUT2D eigenvalue weighted by Gasteiger charge is -2.37. The number of methoxy groups -OCH3 is 1. The van der Waals surface area contributed by atoms with Gasteiger partial charge < -0.3 is 30.2 Å². The van der Waals surface area contributed by atoms with Crippen molar-refractivity contribution in [3.8, 4) is 17.0 Å². The van der Waals surface area contributed by atoms with Crippen LogP contribution < -0.4 is 20.7 Å². The number of ether oxygens (including phenoxy) is 3. The van der Waals surface area contributed by atoms with Crippen LogP contribution in [0.3, 0.4) is 0 Å². The number of amides is 1. The molecular formula is C28H32F3N5O4. The molecule has 3 N–H and O–H groups in total. The smallest absolute Gasteiger partial charge is 0.433 e. The molecule has 12 heteroatoms. The van der Waals surface area contributed by atoms with Gasteiger partial charge in [0.2, 0.25) is 5.88 Å². The summed E-state index contributed by atoms with van der Waals surface area (Å²) in [6.07, 6.45) is -3.69. The summed E-state index contributed by atoms with van der Waals surface area (Å²) in [6, 6.07) is 10.9. The maximum absolute atomic E-state index is 13.1. The lowest BCUT2D eigenvalue weighted by atomic mass is 10.00. The van der Waals surface area contributed by atoms with E-state index in [1.54, 1.807) is 25.3 Å². The van der Waals surface area contributed by atoms with E-state index in [1.807, 2.05) is 30.9 Å². The Labute approximate surface area is 230 Å². The molecule has 0 radical (unpaired) electrons. The van der Waals surface area contributed by atoms with Crippen LogP contribution >= 0.6 is 0 Å². The predicted octanol–water partition coefficient (Wildman–Crippen LogP) is 4.30. The first-order valence-electron chi connectivity index (χ1n) is 12.7. The summed E-state index contributed by atoms with van der Waals surface area (Å²) in [5.74, 6) is 0.369. The molecule has 1 fully saturated rings. The van der Waals surface area contributed by atoms with Crippen LogP contribution in [0.2, 0.25) is 0 Å². The Balaban J connectivity index is 1.65. The number of carbonyl (C=O) groups is 1. The van der Waals surface area contributed by atoms with Crippen LogP contribution in [-0.2, 0) is 15.7 Å². The molecule has 0 atom stereocenters. The topological polar surface area (TPSA) is 112 Å². The molecule has 1 aliphatic heterocycles. The number of likely N-dealkylation sites (N-methyl/N-ethyl adjacent to an activating group) is 1. The molecule has 1 aliphatic rings. The third-order valence-corrected chi connectivity index (χ3v) is 6.46. The van der Waals surface area contributed by atoms with Gasteiger partial charge in [-0.1, -0.05) is 6.07 Å². The molecule has 3 heterocycles. The van der Waals surface area contributed by atoms with Gasteiger partial charge in [-0.2, -0.15) is 18.2 Å². The van der Waals surface area contributed by atoms with E-state index in [2.05, 4.69) is 10.3 Å². The number of rotatable bonds is 11. The Morgan fingerprint density at radius 2 is 1.98 bits per heavy atom. The van der Waals surface area contributed by atoms with Gasteiger partial charge in [0.1, 0.15) is 18.1 Å². The largest absolute Gasteiger partial charge is 0.475 e. The average molecular weight is 560 g/mol. The molecule has 0 aliphatic carbocycles. The molecule has 40 heavy (non-hydrogen) atoms. The number of nitrogens with two attached hydrogens (primary N) is 1. The van der Waals surface area contributed by atoms with Gasteiger partial charge in [-0.3, -0.25) is 9.78 Å². The van der Waals surface area contributed by atoms with Crippen LogP contribution in [0.25, 0.3) is 11.1 Å². The van der Waals surface area contributed by atoms with E-state index in [9.17, 15) is 18.0 Å². The van der Waals surface area contributed by atoms with E-state index in [4.69, 9.17) is 24.9 Å². The van der Waals surface area contributed by atoms with Crippen molar-refractivity contribution in [3.63, 3.8) is 0 Å². The molecule has 4 rings (SSSR count). The number of pyridine rings is 2. The van der Waals surface area contributed by atoms with Crippen molar-refractivity contribution in [1.82, 2.24) is 9.97 Å². The van der Waals surface area contributed by atoms with Gasteiger partial charge in [-0.15, -0.1) is 0 Å². The fourth-order valence-electron chi connectivity index (χ4n) is 4.12. The van der Waals surface area contributed by atoms with E-state index in [0.717, 1.165) is 29.0 Å². The van der Waals surface area contributed by atoms with Gasteiger partial charge in [0.25, 0.3) is 5.91 Å². The molecule has 0 unspecified atom stereocenters. The maximum Gasteiger partial charge on any atom is 0.433 e. The van der Waals surface area contributed by atoms with Gasteiger partial charge >= 0.3 is 6.18 Å². The highest BCUT2D eigenvalue weighted by molar-refractivity contribution is 6.04. The van der Waals surface area contributed by atoms with Gasteiger partial charge in [-0.25, -0.2) is 0 Å². The highest BCUT2D eigenvalue weighted by Gasteiger charge is 2.35. The Kier molecular flexibility index (Phi) is 8.92. The van der Waals surface area contributed by atoms with Gasteiger partial charge in [0.05, 0.1) is 25.4 Å². The third-order valence-electron chi connectivity index (χ3n) is 6.46. The molecule has 0 saturated carbocycles. The molecule has 1 aromatic carbocycles. The molecular weight excluding hydrogens is 527 g/mol. The van der Waals surface area contributed by atoms with Gasteiger partial charge in [-0.05, 0) is 60.9 Å². The lowest BCUT2D eigenvalue weighted by Crippen LogP contribution is -2.61. The average Bonchev–Trinajstić information content (AvgIpc) is 2.92. The minimum absolute atomic E-state index is 0.154. The molecule has 3 aromatic rings. The van der Waals surface area contributed by atoms with E-state index < -0.39 is 23.3 Å². The second kappa shape index (κ2) is 12.2. The number of nitrogens with zero attached hydrogens (tertiary/aromatic N) is 3. The van der Waals surface area contributed by atoms with Crippen LogP contribution in [-0.4, -0.2) is 68.0 Å². The number of anilines is 2. The second-order valence-electron chi connectivity index (χ2n) is 9.68. The fourth-order valence-corrected chi connectivity index (χ4v) is 4.12. The third kappa shape index (κ3) is 7.06. The summed E-state index contributed by atoms with van der Waals surface area (Å²) in [4.78, 5) is 22.9. The van der Waals surface area contributed by atoms with Crippen molar-refractivity contribution in [2.45, 2.75) is 25.6 Å². The van der Waals surface area contributed by atoms with Crippen molar-refractivity contribution in [1.29, 1.82) is 0 Å². The standard InChI is InChI=1S/C28H32F3N5O4/c1-4-36(9-10-38-3)24-12-20(13-25(35-24)40-17-27(32)15-39-16-27)22-14-21(6-5-18(22)2)34-26(37)19-7-8-33-23(11-19)28(29,30)31/h5-8,11-14H,4,9-10,15-17,32H2,1-3H3,(H,34,37). The summed E-state index contributed by atoms with van der Waals surface area (Å²) in [5.41, 5.74) is 7.28. The number of aryl methyl sites for hydroxylation is 1. The van der Waals surface area contributed by atoms with Gasteiger partial charge in [0.15, 0.2) is 0 Å². The van der Waals surface area contributed by atoms with E-state index in [1.165, 1.54) is 6.07 Å². The summed E-state index contributed by atoms with van der Waals surface area (Å²) in [6.45, 7) is 6.75. The van der Waals surface area contributed by atoms with Crippen molar-refractivity contribution in [2.24, 2.45) is 5.73 Å². The normalized spacial score (nSPS) is 14.4. The molecule has 1 saturated heterocycles. The van der Waals surface area contributed by atoms with Crippen molar-refractivity contribution in [3.05, 3.63) is 65.5 Å². The van der Waals surface area contributed by atoms with Gasteiger partial charge in [0, 0.05) is 43.7 Å². The first-order chi connectivity index (χ1) is 19.0. The van der Waals surface area contributed by atoms with E-state index >= 15 is 0 Å². The Hall–Kier alpha value is -3.74. The van der Waals surface area contributed by atoms with Crippen LogP contribution in [0, 0.1) is 6.92 Å². The summed E-state index contributed by atoms with van der Waals surface area (Å²) in [7, 11) is 1.63.